The summed E-state index contributed by atoms with van der Waals surface area (Å²) in [4.78, 5) is 21.4. The summed E-state index contributed by atoms with van der Waals surface area (Å²) in [5.41, 5.74) is 1.32. The molecule has 1 N–H and O–H groups in total. The predicted molar refractivity (Wildman–Crippen MR) is 75.6 cm³/mol. The van der Waals surface area contributed by atoms with Crippen molar-refractivity contribution in [3.63, 3.8) is 0 Å². The van der Waals surface area contributed by atoms with Gasteiger partial charge in [-0.15, -0.1) is 0 Å². The average molecular weight is 287 g/mol. The molecule has 0 spiro atoms. The number of para-hydroxylation sites is 1. The van der Waals surface area contributed by atoms with Crippen LogP contribution < -0.4 is 4.74 Å². The van der Waals surface area contributed by atoms with Gasteiger partial charge in [-0.1, -0.05) is 24.3 Å². The first-order valence-corrected chi connectivity index (χ1v) is 6.18. The average Bonchev–Trinajstić information content (AvgIpc) is 2.46. The van der Waals surface area contributed by atoms with Crippen molar-refractivity contribution in [2.75, 3.05) is 0 Å². The zero-order chi connectivity index (χ0) is 15.4. The van der Waals surface area contributed by atoms with Gasteiger partial charge in [-0.2, -0.15) is 0 Å². The minimum Gasteiger partial charge on any atom is -0.482 e. The van der Waals surface area contributed by atoms with Gasteiger partial charge in [-0.05, 0) is 30.2 Å². The van der Waals surface area contributed by atoms with Crippen molar-refractivity contribution >= 4 is 11.7 Å². The molecule has 0 heterocycles. The molecule has 0 radical (unpaired) electrons. The van der Waals surface area contributed by atoms with Gasteiger partial charge < -0.3 is 9.84 Å². The molecule has 0 saturated carbocycles. The maximum absolute atomic E-state index is 11.0. The second-order valence-electron chi connectivity index (χ2n) is 4.47. The Morgan fingerprint density at radius 2 is 2.00 bits per heavy atom. The van der Waals surface area contributed by atoms with Crippen molar-refractivity contribution in [3.8, 4) is 5.75 Å². The number of nitro groups is 1. The number of aryl methyl sites for hydroxylation is 1. The third-order valence-corrected chi connectivity index (χ3v) is 2.94. The third kappa shape index (κ3) is 3.36. The fourth-order valence-electron chi connectivity index (χ4n) is 1.92. The van der Waals surface area contributed by atoms with E-state index >= 15 is 0 Å². The maximum Gasteiger partial charge on any atom is 0.335 e. The van der Waals surface area contributed by atoms with E-state index in [-0.39, 0.29) is 23.6 Å². The number of carbonyl (C=O) groups is 1. The van der Waals surface area contributed by atoms with Crippen LogP contribution in [0.25, 0.3) is 0 Å². The molecule has 108 valence electrons. The number of hydrogen-bond donors (Lipinski definition) is 1. The number of hydrogen-bond acceptors (Lipinski definition) is 4. The summed E-state index contributed by atoms with van der Waals surface area (Å²) < 4.78 is 5.52. The molecule has 2 rings (SSSR count). The van der Waals surface area contributed by atoms with Gasteiger partial charge in [0.05, 0.1) is 10.5 Å². The Morgan fingerprint density at radius 1 is 1.29 bits per heavy atom. The van der Waals surface area contributed by atoms with Gasteiger partial charge in [0.2, 0.25) is 0 Å². The Labute approximate surface area is 120 Å². The third-order valence-electron chi connectivity index (χ3n) is 2.94. The fourth-order valence-corrected chi connectivity index (χ4v) is 1.92. The molecule has 0 unspecified atom stereocenters. The van der Waals surface area contributed by atoms with E-state index in [4.69, 9.17) is 9.84 Å². The monoisotopic (exact) mass is 287 g/mol. The molecule has 0 aliphatic carbocycles. The van der Waals surface area contributed by atoms with Gasteiger partial charge in [0.25, 0.3) is 0 Å². The molecule has 0 aliphatic rings. The summed E-state index contributed by atoms with van der Waals surface area (Å²) in [5.74, 6) is -0.832. The van der Waals surface area contributed by atoms with Crippen molar-refractivity contribution in [1.29, 1.82) is 0 Å². The quantitative estimate of drug-likeness (QED) is 0.673. The van der Waals surface area contributed by atoms with Crippen LogP contribution >= 0.6 is 0 Å². The van der Waals surface area contributed by atoms with E-state index in [1.165, 1.54) is 18.2 Å². The van der Waals surface area contributed by atoms with Crippen LogP contribution in [-0.2, 0) is 6.61 Å². The topological polar surface area (TPSA) is 89.7 Å². The Hall–Kier alpha value is -2.89. The standard InChI is InChI=1S/C15H13NO5/c1-10-4-2-7-13(16(19)20)14(10)21-9-11-5-3-6-12(8-11)15(17)18/h2-8H,9H2,1H3,(H,17,18). The Bertz CT molecular complexity index is 696. The van der Waals surface area contributed by atoms with E-state index < -0.39 is 10.9 Å². The van der Waals surface area contributed by atoms with Gasteiger partial charge in [-0.25, -0.2) is 4.79 Å². The molecule has 2 aromatic rings. The van der Waals surface area contributed by atoms with Crippen LogP contribution in [0.1, 0.15) is 21.5 Å². The molecular weight excluding hydrogens is 274 g/mol. The highest BCUT2D eigenvalue weighted by molar-refractivity contribution is 5.87. The predicted octanol–water partition coefficient (Wildman–Crippen LogP) is 3.18. The molecule has 0 aliphatic heterocycles. The van der Waals surface area contributed by atoms with E-state index in [2.05, 4.69) is 0 Å². The van der Waals surface area contributed by atoms with Crippen LogP contribution in [0.2, 0.25) is 0 Å². The molecular formula is C15H13NO5. The lowest BCUT2D eigenvalue weighted by Crippen LogP contribution is -2.02. The van der Waals surface area contributed by atoms with Crippen molar-refractivity contribution in [2.24, 2.45) is 0 Å². The summed E-state index contributed by atoms with van der Waals surface area (Å²) in [6.07, 6.45) is 0. The molecule has 2 aromatic carbocycles. The maximum atomic E-state index is 11.0. The van der Waals surface area contributed by atoms with Crippen LogP contribution in [0.5, 0.6) is 5.75 Å². The largest absolute Gasteiger partial charge is 0.482 e. The molecule has 0 aromatic heterocycles. The van der Waals surface area contributed by atoms with E-state index in [0.717, 1.165) is 0 Å². The normalized spacial score (nSPS) is 10.1. The minimum absolute atomic E-state index is 0.0623. The van der Waals surface area contributed by atoms with Gasteiger partial charge in [0, 0.05) is 6.07 Å². The lowest BCUT2D eigenvalue weighted by molar-refractivity contribution is -0.386. The SMILES string of the molecule is Cc1cccc([N+](=O)[O-])c1OCc1cccc(C(=O)O)c1. The first kappa shape index (κ1) is 14.5. The molecule has 6 heteroatoms. The van der Waals surface area contributed by atoms with Crippen molar-refractivity contribution in [1.82, 2.24) is 0 Å². The highest BCUT2D eigenvalue weighted by atomic mass is 16.6. The second kappa shape index (κ2) is 6.04. The minimum atomic E-state index is -1.03. The molecule has 0 saturated heterocycles. The number of nitro benzene ring substituents is 1. The second-order valence-corrected chi connectivity index (χ2v) is 4.47. The van der Waals surface area contributed by atoms with Gasteiger partial charge in [0.15, 0.2) is 5.75 Å². The number of carboxylic acids is 1. The number of benzene rings is 2. The van der Waals surface area contributed by atoms with Gasteiger partial charge in [0.1, 0.15) is 6.61 Å². The van der Waals surface area contributed by atoms with Gasteiger partial charge >= 0.3 is 11.7 Å². The summed E-state index contributed by atoms with van der Waals surface area (Å²) >= 11 is 0. The zero-order valence-electron chi connectivity index (χ0n) is 11.3. The highest BCUT2D eigenvalue weighted by Gasteiger charge is 2.17. The summed E-state index contributed by atoms with van der Waals surface area (Å²) in [7, 11) is 0. The number of carboxylic acid groups (broad SMARTS) is 1. The Balaban J connectivity index is 2.22. The smallest absolute Gasteiger partial charge is 0.335 e. The van der Waals surface area contributed by atoms with E-state index in [1.807, 2.05) is 0 Å². The Kier molecular flexibility index (Phi) is 4.18. The van der Waals surface area contributed by atoms with Crippen molar-refractivity contribution in [3.05, 3.63) is 69.3 Å². The van der Waals surface area contributed by atoms with Crippen LogP contribution in [0.15, 0.2) is 42.5 Å². The molecule has 6 nitrogen and oxygen atoms in total. The lowest BCUT2D eigenvalue weighted by atomic mass is 10.1. The first-order chi connectivity index (χ1) is 9.99. The summed E-state index contributed by atoms with van der Waals surface area (Å²) in [6, 6.07) is 10.9. The molecule has 0 fully saturated rings. The lowest BCUT2D eigenvalue weighted by Gasteiger charge is -2.09. The first-order valence-electron chi connectivity index (χ1n) is 6.18. The number of nitrogens with zero attached hydrogens (tertiary/aromatic N) is 1. The van der Waals surface area contributed by atoms with E-state index in [9.17, 15) is 14.9 Å². The van der Waals surface area contributed by atoms with Crippen LogP contribution in [0, 0.1) is 17.0 Å². The summed E-state index contributed by atoms with van der Waals surface area (Å²) in [5, 5.41) is 19.9. The fraction of sp³-hybridized carbons (Fsp3) is 0.133. The van der Waals surface area contributed by atoms with E-state index in [1.54, 1.807) is 31.2 Å². The molecule has 0 amide bonds. The highest BCUT2D eigenvalue weighted by Crippen LogP contribution is 2.30. The van der Waals surface area contributed by atoms with Crippen molar-refractivity contribution < 1.29 is 19.6 Å². The summed E-state index contributed by atoms with van der Waals surface area (Å²) in [6.45, 7) is 1.78. The number of ether oxygens (including phenoxy) is 1. The van der Waals surface area contributed by atoms with Crippen LogP contribution in [0.4, 0.5) is 5.69 Å². The molecule has 0 atom stereocenters. The van der Waals surface area contributed by atoms with Crippen LogP contribution in [-0.4, -0.2) is 16.0 Å². The Morgan fingerprint density at radius 3 is 2.67 bits per heavy atom. The van der Waals surface area contributed by atoms with Gasteiger partial charge in [-0.3, -0.25) is 10.1 Å². The number of rotatable bonds is 5. The number of aromatic carboxylic acids is 1. The zero-order valence-corrected chi connectivity index (χ0v) is 11.3. The van der Waals surface area contributed by atoms with Crippen molar-refractivity contribution in [2.45, 2.75) is 13.5 Å². The van der Waals surface area contributed by atoms with E-state index in [0.29, 0.717) is 11.1 Å². The molecule has 21 heavy (non-hydrogen) atoms. The van der Waals surface area contributed by atoms with Crippen LogP contribution in [0.3, 0.4) is 0 Å². The molecule has 0 bridgehead atoms.